The predicted molar refractivity (Wildman–Crippen MR) is 236 cm³/mol. The average molecular weight is 752 g/mol. The molecule has 0 aliphatic heterocycles. The molecule has 0 N–H and O–H groups in total. The Labute approximate surface area is 336 Å². The maximum Gasteiger partial charge on any atom is 0.101 e. The van der Waals surface area contributed by atoms with E-state index in [1.54, 1.807) is 0 Å². The first-order valence-electron chi connectivity index (χ1n) is 19.3. The van der Waals surface area contributed by atoms with Gasteiger partial charge in [-0.15, -0.1) is 22.7 Å². The van der Waals surface area contributed by atoms with Crippen molar-refractivity contribution in [3.63, 3.8) is 0 Å². The van der Waals surface area contributed by atoms with Crippen molar-refractivity contribution in [2.75, 3.05) is 4.90 Å². The van der Waals surface area contributed by atoms with E-state index in [2.05, 4.69) is 218 Å². The lowest BCUT2D eigenvalue weighted by Crippen LogP contribution is -2.27. The average Bonchev–Trinajstić information content (AvgIpc) is 4.06. The molecule has 2 aliphatic carbocycles. The van der Waals surface area contributed by atoms with Crippen LogP contribution in [-0.2, 0) is 10.8 Å². The van der Waals surface area contributed by atoms with Gasteiger partial charge in [0.25, 0.3) is 0 Å². The highest BCUT2D eigenvalue weighted by Gasteiger charge is 2.48. The Morgan fingerprint density at radius 3 is 1.05 bits per heavy atom. The van der Waals surface area contributed by atoms with Crippen molar-refractivity contribution in [2.24, 2.45) is 0 Å². The Balaban J connectivity index is 1.13. The summed E-state index contributed by atoms with van der Waals surface area (Å²) in [7, 11) is 0. The first-order valence-corrected chi connectivity index (χ1v) is 20.9. The number of benzene rings is 7. The number of anilines is 3. The summed E-state index contributed by atoms with van der Waals surface area (Å²) in [6.07, 6.45) is 0. The van der Waals surface area contributed by atoms with Gasteiger partial charge < -0.3 is 0 Å². The molecule has 11 rings (SSSR count). The van der Waals surface area contributed by atoms with Gasteiger partial charge in [-0.05, 0) is 99.0 Å². The number of fused-ring (bicyclic) bond motifs is 6. The van der Waals surface area contributed by atoms with Crippen LogP contribution >= 0.6 is 22.7 Å². The van der Waals surface area contributed by atoms with E-state index in [4.69, 9.17) is 0 Å². The van der Waals surface area contributed by atoms with Gasteiger partial charge in [0.1, 0.15) is 10.0 Å². The molecular weight excluding hydrogens is 715 g/mol. The summed E-state index contributed by atoms with van der Waals surface area (Å²) < 4.78 is 0. The Bertz CT molecular complexity index is 2610. The number of hydrogen-bond acceptors (Lipinski definition) is 3. The molecule has 0 amide bonds. The highest BCUT2D eigenvalue weighted by atomic mass is 32.1. The molecule has 0 spiro atoms. The summed E-state index contributed by atoms with van der Waals surface area (Å²) in [6, 6.07) is 76.7. The zero-order valence-corrected chi connectivity index (χ0v) is 32.5. The van der Waals surface area contributed by atoms with Crippen molar-refractivity contribution in [3.05, 3.63) is 255 Å². The summed E-state index contributed by atoms with van der Waals surface area (Å²) in [6.45, 7) is 2.16. The number of hydrogen-bond donors (Lipinski definition) is 0. The Morgan fingerprint density at radius 2 is 0.679 bits per heavy atom. The van der Waals surface area contributed by atoms with Gasteiger partial charge in [-0.25, -0.2) is 0 Å². The molecule has 0 unspecified atom stereocenters. The topological polar surface area (TPSA) is 3.24 Å². The van der Waals surface area contributed by atoms with Gasteiger partial charge in [-0.3, -0.25) is 4.90 Å². The fourth-order valence-corrected chi connectivity index (χ4v) is 12.3. The van der Waals surface area contributed by atoms with Crippen LogP contribution in [0.5, 0.6) is 0 Å². The van der Waals surface area contributed by atoms with Crippen LogP contribution < -0.4 is 4.90 Å². The maximum absolute atomic E-state index is 2.48. The second-order valence-corrected chi connectivity index (χ2v) is 17.0. The molecule has 0 atom stereocenters. The van der Waals surface area contributed by atoms with Gasteiger partial charge in [0.2, 0.25) is 0 Å². The lowest BCUT2D eigenvalue weighted by Gasteiger charge is -2.32. The SMILES string of the molecule is Cc1ccc(N(c2ccc(C3(c4ccccc4)c4ccccc4-c4ccccc43)s2)c2ccc(C3(c4ccccc4)c4ccccc4-c4ccccc43)s2)cc1. The summed E-state index contributed by atoms with van der Waals surface area (Å²) in [4.78, 5) is 5.10. The van der Waals surface area contributed by atoms with Crippen molar-refractivity contribution in [3.8, 4) is 22.3 Å². The zero-order valence-electron chi connectivity index (χ0n) is 30.9. The molecule has 2 heterocycles. The minimum atomic E-state index is -0.439. The van der Waals surface area contributed by atoms with Crippen LogP contribution in [0.2, 0.25) is 0 Å². The van der Waals surface area contributed by atoms with Gasteiger partial charge in [-0.2, -0.15) is 0 Å². The lowest BCUT2D eigenvalue weighted by molar-refractivity contribution is 0.787. The lowest BCUT2D eigenvalue weighted by atomic mass is 9.71. The van der Waals surface area contributed by atoms with Crippen molar-refractivity contribution in [2.45, 2.75) is 17.8 Å². The summed E-state index contributed by atoms with van der Waals surface area (Å²) in [5.41, 5.74) is 14.7. The minimum Gasteiger partial charge on any atom is -0.293 e. The summed E-state index contributed by atoms with van der Waals surface area (Å²) >= 11 is 3.80. The van der Waals surface area contributed by atoms with Gasteiger partial charge in [0.15, 0.2) is 0 Å². The van der Waals surface area contributed by atoms with E-state index in [9.17, 15) is 0 Å². The predicted octanol–water partition coefficient (Wildman–Crippen LogP) is 14.3. The van der Waals surface area contributed by atoms with Crippen LogP contribution in [0.25, 0.3) is 22.3 Å². The molecule has 9 aromatic rings. The second kappa shape index (κ2) is 12.9. The standard InChI is InChI=1S/C53H37NS2/c1-36-28-30-39(31-29-36)54(50-34-32-48(55-50)52(37-16-4-2-5-17-37)44-24-12-8-20-40(44)41-21-9-13-25-45(41)52)51-35-33-49(56-51)53(38-18-6-3-7-19-38)46-26-14-10-22-42(46)43-23-11-15-27-47(43)53/h2-35H,1H3. The van der Waals surface area contributed by atoms with Crippen LogP contribution in [0.3, 0.4) is 0 Å². The number of aryl methyl sites for hydroxylation is 1. The molecule has 3 heteroatoms. The van der Waals surface area contributed by atoms with E-state index >= 15 is 0 Å². The first-order chi connectivity index (χ1) is 27.7. The number of rotatable bonds is 7. The number of thiophene rings is 2. The largest absolute Gasteiger partial charge is 0.293 e. The summed E-state index contributed by atoms with van der Waals surface area (Å²) in [5, 5.41) is 2.38. The molecule has 0 saturated carbocycles. The van der Waals surface area contributed by atoms with Crippen LogP contribution in [0, 0.1) is 6.92 Å². The Hall–Kier alpha value is -6.26. The fraction of sp³-hybridized carbons (Fsp3) is 0.0566. The highest BCUT2D eigenvalue weighted by Crippen LogP contribution is 2.60. The molecular formula is C53H37NS2. The second-order valence-electron chi connectivity index (χ2n) is 14.9. The fourth-order valence-electron chi connectivity index (χ4n) is 9.64. The molecule has 266 valence electrons. The maximum atomic E-state index is 2.48. The Kier molecular flexibility index (Phi) is 7.64. The Morgan fingerprint density at radius 1 is 0.339 bits per heavy atom. The molecule has 0 radical (unpaired) electrons. The molecule has 2 aliphatic rings. The molecule has 2 aromatic heterocycles. The van der Waals surface area contributed by atoms with Crippen LogP contribution in [0.15, 0.2) is 206 Å². The third-order valence-electron chi connectivity index (χ3n) is 12.0. The van der Waals surface area contributed by atoms with E-state index in [1.165, 1.54) is 81.0 Å². The monoisotopic (exact) mass is 751 g/mol. The highest BCUT2D eigenvalue weighted by molar-refractivity contribution is 7.18. The van der Waals surface area contributed by atoms with E-state index in [-0.39, 0.29) is 0 Å². The molecule has 0 saturated heterocycles. The van der Waals surface area contributed by atoms with Crippen LogP contribution in [0.1, 0.15) is 48.7 Å². The van der Waals surface area contributed by atoms with Crippen molar-refractivity contribution in [1.82, 2.24) is 0 Å². The van der Waals surface area contributed by atoms with Crippen LogP contribution in [-0.4, -0.2) is 0 Å². The smallest absolute Gasteiger partial charge is 0.101 e. The van der Waals surface area contributed by atoms with E-state index in [0.29, 0.717) is 0 Å². The van der Waals surface area contributed by atoms with Gasteiger partial charge in [0.05, 0.1) is 10.8 Å². The van der Waals surface area contributed by atoms with Crippen LogP contribution in [0.4, 0.5) is 15.7 Å². The zero-order chi connectivity index (χ0) is 37.3. The van der Waals surface area contributed by atoms with Crippen molar-refractivity contribution >= 4 is 38.4 Å². The van der Waals surface area contributed by atoms with Gasteiger partial charge in [0, 0.05) is 15.4 Å². The van der Waals surface area contributed by atoms with E-state index in [1.807, 2.05) is 22.7 Å². The molecule has 1 nitrogen and oxygen atoms in total. The van der Waals surface area contributed by atoms with E-state index in [0.717, 1.165) is 5.69 Å². The third kappa shape index (κ3) is 4.65. The molecule has 7 aromatic carbocycles. The number of nitrogens with zero attached hydrogens (tertiary/aromatic N) is 1. The summed E-state index contributed by atoms with van der Waals surface area (Å²) in [5.74, 6) is 0. The molecule has 0 bridgehead atoms. The molecule has 0 fully saturated rings. The molecule has 56 heavy (non-hydrogen) atoms. The van der Waals surface area contributed by atoms with E-state index < -0.39 is 10.8 Å². The quantitative estimate of drug-likeness (QED) is 0.157. The van der Waals surface area contributed by atoms with Gasteiger partial charge >= 0.3 is 0 Å². The van der Waals surface area contributed by atoms with Crippen molar-refractivity contribution in [1.29, 1.82) is 0 Å². The third-order valence-corrected chi connectivity index (χ3v) is 14.4. The minimum absolute atomic E-state index is 0.439. The van der Waals surface area contributed by atoms with Gasteiger partial charge in [-0.1, -0.05) is 175 Å². The first kappa shape index (κ1) is 33.1. The van der Waals surface area contributed by atoms with Crippen molar-refractivity contribution < 1.29 is 0 Å². The normalized spacial score (nSPS) is 14.1.